The Morgan fingerprint density at radius 2 is 1.94 bits per heavy atom. The summed E-state index contributed by atoms with van der Waals surface area (Å²) in [4.78, 5) is 0. The summed E-state index contributed by atoms with van der Waals surface area (Å²) < 4.78 is 0. The molecule has 0 atom stereocenters. The Kier molecular flexibility index (Phi) is 6.52. The van der Waals surface area contributed by atoms with Gasteiger partial charge in [-0.2, -0.15) is 0 Å². The minimum atomic E-state index is 0.0883. The molecule has 1 aromatic rings. The van der Waals surface area contributed by atoms with Crippen LogP contribution in [0, 0.1) is 0 Å². The molecule has 0 aliphatic carbocycles. The van der Waals surface area contributed by atoms with Gasteiger partial charge in [-0.25, -0.2) is 0 Å². The molecule has 0 saturated heterocycles. The van der Waals surface area contributed by atoms with E-state index in [-0.39, 0.29) is 6.61 Å². The fourth-order valence-electron chi connectivity index (χ4n) is 1.45. The first-order chi connectivity index (χ1) is 8.72. The predicted octanol–water partition coefficient (Wildman–Crippen LogP) is 4.14. The molecular weight excluding hydrogens is 220 g/mol. The van der Waals surface area contributed by atoms with Crippen LogP contribution in [-0.2, 0) is 0 Å². The van der Waals surface area contributed by atoms with Crippen LogP contribution in [0.15, 0.2) is 72.4 Å². The van der Waals surface area contributed by atoms with E-state index in [9.17, 15) is 0 Å². The summed E-state index contributed by atoms with van der Waals surface area (Å²) in [5, 5.41) is 8.72. The Balaban J connectivity index is 2.43. The SMILES string of the molecule is C=C(/C=C/c1ccccc1)C/C=C/C(C)=C/CO. The standard InChI is InChI=1S/C17H20O/c1-15(7-6-8-16(2)13-14-18)11-12-17-9-4-3-5-10-17/h3-6,8-13,18H,1,7,14H2,2H3/b8-6+,12-11+,16-13+. The summed E-state index contributed by atoms with van der Waals surface area (Å²) in [6.07, 6.45) is 10.7. The first-order valence-corrected chi connectivity index (χ1v) is 6.07. The van der Waals surface area contributed by atoms with E-state index in [0.717, 1.165) is 17.6 Å². The van der Waals surface area contributed by atoms with Crippen LogP contribution in [0.2, 0.25) is 0 Å². The number of hydrogen-bond donors (Lipinski definition) is 1. The molecule has 1 heteroatoms. The van der Waals surface area contributed by atoms with Gasteiger partial charge in [-0.05, 0) is 18.9 Å². The number of aliphatic hydroxyl groups is 1. The Morgan fingerprint density at radius 3 is 2.61 bits per heavy atom. The second-order valence-corrected chi connectivity index (χ2v) is 4.14. The summed E-state index contributed by atoms with van der Waals surface area (Å²) in [6.45, 7) is 6.06. The average molecular weight is 240 g/mol. The molecule has 0 amide bonds. The summed E-state index contributed by atoms with van der Waals surface area (Å²) >= 11 is 0. The number of hydrogen-bond acceptors (Lipinski definition) is 1. The maximum Gasteiger partial charge on any atom is 0.0617 e. The fraction of sp³-hybridized carbons (Fsp3) is 0.176. The van der Waals surface area contributed by atoms with Crippen LogP contribution in [-0.4, -0.2) is 11.7 Å². The van der Waals surface area contributed by atoms with Crippen LogP contribution in [0.3, 0.4) is 0 Å². The van der Waals surface area contributed by atoms with E-state index in [4.69, 9.17) is 5.11 Å². The van der Waals surface area contributed by atoms with Gasteiger partial charge in [0.1, 0.15) is 0 Å². The lowest BCUT2D eigenvalue weighted by atomic mass is 10.1. The van der Waals surface area contributed by atoms with Gasteiger partial charge in [-0.1, -0.05) is 78.4 Å². The molecule has 0 aromatic heterocycles. The molecule has 0 heterocycles. The lowest BCUT2D eigenvalue weighted by Crippen LogP contribution is -1.77. The molecule has 1 rings (SSSR count). The molecular formula is C17H20O. The van der Waals surface area contributed by atoms with E-state index >= 15 is 0 Å². The molecule has 0 fully saturated rings. The smallest absolute Gasteiger partial charge is 0.0617 e. The van der Waals surface area contributed by atoms with Gasteiger partial charge in [0.05, 0.1) is 6.61 Å². The molecule has 1 N–H and O–H groups in total. The maximum atomic E-state index is 8.72. The topological polar surface area (TPSA) is 20.2 Å². The molecule has 18 heavy (non-hydrogen) atoms. The van der Waals surface area contributed by atoms with E-state index in [0.29, 0.717) is 0 Å². The maximum absolute atomic E-state index is 8.72. The van der Waals surface area contributed by atoms with Crippen molar-refractivity contribution in [3.8, 4) is 0 Å². The van der Waals surface area contributed by atoms with Crippen molar-refractivity contribution in [3.63, 3.8) is 0 Å². The summed E-state index contributed by atoms with van der Waals surface area (Å²) in [6, 6.07) is 10.2. The molecule has 94 valence electrons. The van der Waals surface area contributed by atoms with Crippen molar-refractivity contribution in [2.45, 2.75) is 13.3 Å². The van der Waals surface area contributed by atoms with Crippen molar-refractivity contribution in [2.24, 2.45) is 0 Å². The Bertz CT molecular complexity index is 450. The van der Waals surface area contributed by atoms with E-state index in [1.807, 2.05) is 37.3 Å². The summed E-state index contributed by atoms with van der Waals surface area (Å²) in [7, 11) is 0. The normalized spacial score (nSPS) is 12.4. The van der Waals surface area contributed by atoms with Gasteiger partial charge in [0.25, 0.3) is 0 Å². The highest BCUT2D eigenvalue weighted by molar-refractivity contribution is 5.52. The van der Waals surface area contributed by atoms with E-state index in [1.54, 1.807) is 6.08 Å². The van der Waals surface area contributed by atoms with E-state index < -0.39 is 0 Å². The van der Waals surface area contributed by atoms with Crippen LogP contribution in [0.4, 0.5) is 0 Å². The monoisotopic (exact) mass is 240 g/mol. The number of aliphatic hydroxyl groups excluding tert-OH is 1. The molecule has 0 saturated carbocycles. The quantitative estimate of drug-likeness (QED) is 0.741. The Hall–Kier alpha value is -1.86. The first-order valence-electron chi connectivity index (χ1n) is 6.07. The van der Waals surface area contributed by atoms with Crippen LogP contribution in [0.5, 0.6) is 0 Å². The van der Waals surface area contributed by atoms with Crippen molar-refractivity contribution >= 4 is 6.08 Å². The molecule has 0 bridgehead atoms. The van der Waals surface area contributed by atoms with Gasteiger partial charge < -0.3 is 5.11 Å². The van der Waals surface area contributed by atoms with Crippen molar-refractivity contribution in [2.75, 3.05) is 6.61 Å². The highest BCUT2D eigenvalue weighted by Gasteiger charge is 1.87. The van der Waals surface area contributed by atoms with Crippen LogP contribution >= 0.6 is 0 Å². The van der Waals surface area contributed by atoms with Crippen molar-refractivity contribution in [1.82, 2.24) is 0 Å². The van der Waals surface area contributed by atoms with Crippen LogP contribution in [0.25, 0.3) is 6.08 Å². The zero-order chi connectivity index (χ0) is 13.2. The Morgan fingerprint density at radius 1 is 1.22 bits per heavy atom. The fourth-order valence-corrected chi connectivity index (χ4v) is 1.45. The van der Waals surface area contributed by atoms with Crippen molar-refractivity contribution in [1.29, 1.82) is 0 Å². The highest BCUT2D eigenvalue weighted by Crippen LogP contribution is 2.08. The van der Waals surface area contributed by atoms with E-state index in [1.165, 1.54) is 5.56 Å². The molecule has 0 unspecified atom stereocenters. The third-order valence-corrected chi connectivity index (χ3v) is 2.49. The number of allylic oxidation sites excluding steroid dienone is 5. The third-order valence-electron chi connectivity index (χ3n) is 2.49. The lowest BCUT2D eigenvalue weighted by molar-refractivity contribution is 0.342. The average Bonchev–Trinajstić information content (AvgIpc) is 2.38. The summed E-state index contributed by atoms with van der Waals surface area (Å²) in [5.41, 5.74) is 3.31. The Labute approximate surface area is 109 Å². The molecule has 1 nitrogen and oxygen atoms in total. The van der Waals surface area contributed by atoms with Crippen molar-refractivity contribution in [3.05, 3.63) is 77.9 Å². The third kappa shape index (κ3) is 6.02. The molecule has 0 radical (unpaired) electrons. The first kappa shape index (κ1) is 14.2. The van der Waals surface area contributed by atoms with Gasteiger partial charge in [0.15, 0.2) is 0 Å². The number of benzene rings is 1. The van der Waals surface area contributed by atoms with Crippen molar-refractivity contribution < 1.29 is 5.11 Å². The molecule has 1 aromatic carbocycles. The predicted molar refractivity (Wildman–Crippen MR) is 79.2 cm³/mol. The molecule has 0 aliphatic rings. The lowest BCUT2D eigenvalue weighted by Gasteiger charge is -1.95. The minimum Gasteiger partial charge on any atom is -0.392 e. The number of rotatable bonds is 6. The van der Waals surface area contributed by atoms with Gasteiger partial charge in [0, 0.05) is 0 Å². The van der Waals surface area contributed by atoms with Gasteiger partial charge in [-0.15, -0.1) is 0 Å². The minimum absolute atomic E-state index is 0.0883. The summed E-state index contributed by atoms with van der Waals surface area (Å²) in [5.74, 6) is 0. The van der Waals surface area contributed by atoms with Gasteiger partial charge in [0.2, 0.25) is 0 Å². The second kappa shape index (κ2) is 8.26. The largest absolute Gasteiger partial charge is 0.392 e. The zero-order valence-electron chi connectivity index (χ0n) is 10.8. The van der Waals surface area contributed by atoms with Crippen LogP contribution < -0.4 is 0 Å². The molecule has 0 aliphatic heterocycles. The highest BCUT2D eigenvalue weighted by atomic mass is 16.2. The molecule has 0 spiro atoms. The van der Waals surface area contributed by atoms with Gasteiger partial charge >= 0.3 is 0 Å². The van der Waals surface area contributed by atoms with Crippen LogP contribution in [0.1, 0.15) is 18.9 Å². The zero-order valence-corrected chi connectivity index (χ0v) is 10.8. The van der Waals surface area contributed by atoms with Gasteiger partial charge in [-0.3, -0.25) is 0 Å². The second-order valence-electron chi connectivity index (χ2n) is 4.14. The van der Waals surface area contributed by atoms with E-state index in [2.05, 4.69) is 30.9 Å².